The molecule has 1 amide bonds. The first-order valence-corrected chi connectivity index (χ1v) is 8.41. The van der Waals surface area contributed by atoms with E-state index in [2.05, 4.69) is 15.6 Å². The number of rotatable bonds is 5. The SMILES string of the molecule is Cc1cc(Cl)ccc1NC(=O)c1ccc(NCc2ccc(F)cc2)cn1. The molecule has 1 aromatic heterocycles. The Morgan fingerprint density at radius 3 is 2.54 bits per heavy atom. The third kappa shape index (κ3) is 4.58. The molecular weight excluding hydrogens is 353 g/mol. The second kappa shape index (κ2) is 7.97. The van der Waals surface area contributed by atoms with Crippen LogP contribution in [0, 0.1) is 12.7 Å². The highest BCUT2D eigenvalue weighted by atomic mass is 35.5. The largest absolute Gasteiger partial charge is 0.380 e. The fourth-order valence-corrected chi connectivity index (χ4v) is 2.62. The molecule has 0 aliphatic heterocycles. The van der Waals surface area contributed by atoms with Crippen LogP contribution in [0.3, 0.4) is 0 Å². The topological polar surface area (TPSA) is 54.0 Å². The summed E-state index contributed by atoms with van der Waals surface area (Å²) in [5.41, 5.74) is 3.61. The Kier molecular flexibility index (Phi) is 5.49. The van der Waals surface area contributed by atoms with Gasteiger partial charge in [0.25, 0.3) is 5.91 Å². The lowest BCUT2D eigenvalue weighted by molar-refractivity contribution is 0.102. The smallest absolute Gasteiger partial charge is 0.274 e. The lowest BCUT2D eigenvalue weighted by atomic mass is 10.2. The first-order chi connectivity index (χ1) is 12.5. The van der Waals surface area contributed by atoms with Crippen LogP contribution in [0.4, 0.5) is 15.8 Å². The molecule has 0 bridgehead atoms. The molecule has 2 aromatic carbocycles. The molecule has 1 heterocycles. The first-order valence-electron chi connectivity index (χ1n) is 8.03. The van der Waals surface area contributed by atoms with Crippen molar-refractivity contribution in [1.82, 2.24) is 4.98 Å². The van der Waals surface area contributed by atoms with Gasteiger partial charge in [-0.1, -0.05) is 23.7 Å². The van der Waals surface area contributed by atoms with Crippen LogP contribution in [-0.4, -0.2) is 10.9 Å². The van der Waals surface area contributed by atoms with E-state index in [1.165, 1.54) is 12.1 Å². The van der Waals surface area contributed by atoms with E-state index in [1.807, 2.05) is 6.92 Å². The van der Waals surface area contributed by atoms with Crippen molar-refractivity contribution in [3.63, 3.8) is 0 Å². The van der Waals surface area contributed by atoms with E-state index >= 15 is 0 Å². The summed E-state index contributed by atoms with van der Waals surface area (Å²) >= 11 is 5.92. The normalized spacial score (nSPS) is 10.4. The highest BCUT2D eigenvalue weighted by Crippen LogP contribution is 2.20. The maximum absolute atomic E-state index is 12.9. The van der Waals surface area contributed by atoms with Crippen LogP contribution in [-0.2, 0) is 6.54 Å². The molecule has 0 radical (unpaired) electrons. The second-order valence-electron chi connectivity index (χ2n) is 5.83. The molecule has 0 saturated heterocycles. The second-order valence-corrected chi connectivity index (χ2v) is 6.26. The summed E-state index contributed by atoms with van der Waals surface area (Å²) in [6, 6.07) is 15.0. The van der Waals surface area contributed by atoms with Crippen molar-refractivity contribution in [2.75, 3.05) is 10.6 Å². The Labute approximate surface area is 156 Å². The van der Waals surface area contributed by atoms with Gasteiger partial charge in [0, 0.05) is 17.3 Å². The highest BCUT2D eigenvalue weighted by Gasteiger charge is 2.09. The number of aryl methyl sites for hydroxylation is 1. The molecule has 6 heteroatoms. The van der Waals surface area contributed by atoms with E-state index in [1.54, 1.807) is 48.7 Å². The number of nitrogens with one attached hydrogen (secondary N) is 2. The number of halogens is 2. The first kappa shape index (κ1) is 17.9. The molecule has 132 valence electrons. The van der Waals surface area contributed by atoms with Gasteiger partial charge < -0.3 is 10.6 Å². The Bertz CT molecular complexity index is 911. The lowest BCUT2D eigenvalue weighted by Crippen LogP contribution is -2.14. The third-order valence-corrected chi connectivity index (χ3v) is 4.08. The minimum Gasteiger partial charge on any atom is -0.380 e. The molecule has 0 atom stereocenters. The molecule has 4 nitrogen and oxygen atoms in total. The predicted molar refractivity (Wildman–Crippen MR) is 102 cm³/mol. The average molecular weight is 370 g/mol. The molecule has 2 N–H and O–H groups in total. The average Bonchev–Trinajstić information content (AvgIpc) is 2.64. The quantitative estimate of drug-likeness (QED) is 0.662. The van der Waals surface area contributed by atoms with Crippen molar-refractivity contribution < 1.29 is 9.18 Å². The van der Waals surface area contributed by atoms with E-state index in [-0.39, 0.29) is 11.7 Å². The number of hydrogen-bond acceptors (Lipinski definition) is 3. The van der Waals surface area contributed by atoms with Crippen molar-refractivity contribution in [3.05, 3.63) is 88.5 Å². The zero-order chi connectivity index (χ0) is 18.5. The number of pyridine rings is 1. The van der Waals surface area contributed by atoms with Gasteiger partial charge in [0.05, 0.1) is 11.9 Å². The van der Waals surface area contributed by atoms with E-state index < -0.39 is 0 Å². The van der Waals surface area contributed by atoms with Gasteiger partial charge in [-0.15, -0.1) is 0 Å². The van der Waals surface area contributed by atoms with Crippen molar-refractivity contribution in [2.24, 2.45) is 0 Å². The summed E-state index contributed by atoms with van der Waals surface area (Å²) < 4.78 is 12.9. The number of anilines is 2. The summed E-state index contributed by atoms with van der Waals surface area (Å²) in [5, 5.41) is 6.62. The number of carbonyl (C=O) groups excluding carboxylic acids is 1. The molecule has 3 aromatic rings. The fourth-order valence-electron chi connectivity index (χ4n) is 2.39. The van der Waals surface area contributed by atoms with Gasteiger partial charge in [-0.2, -0.15) is 0 Å². The summed E-state index contributed by atoms with van der Waals surface area (Å²) in [4.78, 5) is 16.5. The third-order valence-electron chi connectivity index (χ3n) is 3.84. The number of amides is 1. The van der Waals surface area contributed by atoms with Gasteiger partial charge in [-0.25, -0.2) is 9.37 Å². The van der Waals surface area contributed by atoms with Gasteiger partial charge in [-0.05, 0) is 60.5 Å². The van der Waals surface area contributed by atoms with E-state index in [9.17, 15) is 9.18 Å². The minimum absolute atomic E-state index is 0.262. The summed E-state index contributed by atoms with van der Waals surface area (Å²) in [6.45, 7) is 2.41. The fraction of sp³-hybridized carbons (Fsp3) is 0.100. The molecule has 3 rings (SSSR count). The molecule has 0 spiro atoms. The Morgan fingerprint density at radius 2 is 1.88 bits per heavy atom. The predicted octanol–water partition coefficient (Wildman–Crippen LogP) is 5.05. The van der Waals surface area contributed by atoms with Crippen LogP contribution in [0.25, 0.3) is 0 Å². The van der Waals surface area contributed by atoms with Crippen LogP contribution >= 0.6 is 11.6 Å². The standard InChI is InChI=1S/C20H17ClFN3O/c1-13-10-15(21)4-8-18(13)25-20(26)19-9-7-17(12-24-19)23-11-14-2-5-16(22)6-3-14/h2-10,12,23H,11H2,1H3,(H,25,26). The van der Waals surface area contributed by atoms with Crippen molar-refractivity contribution in [1.29, 1.82) is 0 Å². The number of benzene rings is 2. The lowest BCUT2D eigenvalue weighted by Gasteiger charge is -2.09. The molecule has 0 aliphatic rings. The van der Waals surface area contributed by atoms with Gasteiger partial charge in [0.2, 0.25) is 0 Å². The van der Waals surface area contributed by atoms with Crippen molar-refractivity contribution in [2.45, 2.75) is 13.5 Å². The summed E-state index contributed by atoms with van der Waals surface area (Å²) in [5.74, 6) is -0.554. The van der Waals surface area contributed by atoms with Crippen LogP contribution < -0.4 is 10.6 Å². The summed E-state index contributed by atoms with van der Waals surface area (Å²) in [6.07, 6.45) is 1.59. The van der Waals surface area contributed by atoms with Gasteiger partial charge in [0.15, 0.2) is 0 Å². The Morgan fingerprint density at radius 1 is 1.12 bits per heavy atom. The van der Waals surface area contributed by atoms with Crippen molar-refractivity contribution >= 4 is 28.9 Å². The van der Waals surface area contributed by atoms with E-state index in [0.717, 1.165) is 16.8 Å². The van der Waals surface area contributed by atoms with Gasteiger partial charge >= 0.3 is 0 Å². The zero-order valence-corrected chi connectivity index (χ0v) is 14.8. The number of hydrogen-bond donors (Lipinski definition) is 2. The number of aromatic nitrogens is 1. The number of carbonyl (C=O) groups is 1. The van der Waals surface area contributed by atoms with Crippen LogP contribution in [0.2, 0.25) is 5.02 Å². The summed E-state index contributed by atoms with van der Waals surface area (Å²) in [7, 11) is 0. The molecular formula is C20H17ClFN3O. The van der Waals surface area contributed by atoms with E-state index in [4.69, 9.17) is 11.6 Å². The Balaban J connectivity index is 1.61. The van der Waals surface area contributed by atoms with E-state index in [0.29, 0.717) is 22.9 Å². The van der Waals surface area contributed by atoms with Crippen molar-refractivity contribution in [3.8, 4) is 0 Å². The molecule has 0 aliphatic carbocycles. The maximum atomic E-state index is 12.9. The van der Waals surface area contributed by atoms with Crippen LogP contribution in [0.1, 0.15) is 21.6 Å². The van der Waals surface area contributed by atoms with Crippen LogP contribution in [0.15, 0.2) is 60.8 Å². The minimum atomic E-state index is -0.291. The highest BCUT2D eigenvalue weighted by molar-refractivity contribution is 6.30. The Hall–Kier alpha value is -2.92. The van der Waals surface area contributed by atoms with Gasteiger partial charge in [0.1, 0.15) is 11.5 Å². The maximum Gasteiger partial charge on any atom is 0.274 e. The molecule has 0 fully saturated rings. The number of nitrogens with zero attached hydrogens (tertiary/aromatic N) is 1. The monoisotopic (exact) mass is 369 g/mol. The van der Waals surface area contributed by atoms with Crippen LogP contribution in [0.5, 0.6) is 0 Å². The molecule has 0 unspecified atom stereocenters. The van der Waals surface area contributed by atoms with Gasteiger partial charge in [-0.3, -0.25) is 4.79 Å². The molecule has 0 saturated carbocycles. The zero-order valence-electron chi connectivity index (χ0n) is 14.1. The molecule has 26 heavy (non-hydrogen) atoms.